The van der Waals surface area contributed by atoms with Gasteiger partial charge in [0.2, 0.25) is 10.0 Å². The fourth-order valence-electron chi connectivity index (χ4n) is 2.32. The molecule has 1 fully saturated rings. The highest BCUT2D eigenvalue weighted by atomic mass is 32.2. The average Bonchev–Trinajstić information content (AvgIpc) is 3.04. The summed E-state index contributed by atoms with van der Waals surface area (Å²) in [6.07, 6.45) is 1.72. The highest BCUT2D eigenvalue weighted by molar-refractivity contribution is 7.89. The predicted octanol–water partition coefficient (Wildman–Crippen LogP) is 1.53. The minimum Gasteiger partial charge on any atom is -0.395 e. The smallest absolute Gasteiger partial charge is 0.243 e. The van der Waals surface area contributed by atoms with Crippen LogP contribution in [-0.2, 0) is 10.0 Å². The van der Waals surface area contributed by atoms with Crippen molar-refractivity contribution >= 4 is 10.0 Å². The van der Waals surface area contributed by atoms with E-state index in [-0.39, 0.29) is 18.7 Å². The molecule has 1 N–H and O–H groups in total. The Hall–Kier alpha value is -0.910. The van der Waals surface area contributed by atoms with Crippen LogP contribution in [0.5, 0.6) is 0 Å². The largest absolute Gasteiger partial charge is 0.395 e. The SMILES string of the molecule is CCC[C@@H]1[C@H](CO)N1S(=O)(=O)c1ccc(C)cc1. The van der Waals surface area contributed by atoms with E-state index in [0.29, 0.717) is 4.90 Å². The van der Waals surface area contributed by atoms with Crippen molar-refractivity contribution in [1.82, 2.24) is 4.31 Å². The Morgan fingerprint density at radius 2 is 1.83 bits per heavy atom. The molecule has 0 bridgehead atoms. The first-order valence-electron chi connectivity index (χ1n) is 6.23. The first kappa shape index (κ1) is 13.5. The van der Waals surface area contributed by atoms with Crippen molar-refractivity contribution in [3.8, 4) is 0 Å². The van der Waals surface area contributed by atoms with Gasteiger partial charge >= 0.3 is 0 Å². The molecule has 0 radical (unpaired) electrons. The van der Waals surface area contributed by atoms with Crippen LogP contribution < -0.4 is 0 Å². The Morgan fingerprint density at radius 1 is 1.22 bits per heavy atom. The second-order valence-corrected chi connectivity index (χ2v) is 6.60. The number of nitrogens with zero attached hydrogens (tertiary/aromatic N) is 1. The summed E-state index contributed by atoms with van der Waals surface area (Å²) in [6, 6.07) is 6.56. The summed E-state index contributed by atoms with van der Waals surface area (Å²) in [5, 5.41) is 9.22. The third-order valence-corrected chi connectivity index (χ3v) is 5.34. The van der Waals surface area contributed by atoms with E-state index >= 15 is 0 Å². The van der Waals surface area contributed by atoms with Crippen molar-refractivity contribution in [2.75, 3.05) is 6.61 Å². The van der Waals surface area contributed by atoms with E-state index in [2.05, 4.69) is 0 Å². The van der Waals surface area contributed by atoms with Crippen LogP contribution >= 0.6 is 0 Å². The number of rotatable bonds is 5. The highest BCUT2D eigenvalue weighted by Gasteiger charge is 2.54. The molecule has 0 aromatic heterocycles. The zero-order valence-electron chi connectivity index (χ0n) is 10.7. The molecule has 1 aliphatic heterocycles. The monoisotopic (exact) mass is 269 g/mol. The van der Waals surface area contributed by atoms with Crippen molar-refractivity contribution in [2.45, 2.75) is 43.7 Å². The lowest BCUT2D eigenvalue weighted by molar-refractivity contribution is 0.286. The average molecular weight is 269 g/mol. The number of hydrogen-bond acceptors (Lipinski definition) is 3. The van der Waals surface area contributed by atoms with E-state index in [1.807, 2.05) is 13.8 Å². The van der Waals surface area contributed by atoms with E-state index in [9.17, 15) is 13.5 Å². The summed E-state index contributed by atoms with van der Waals surface area (Å²) in [6.45, 7) is 3.84. The van der Waals surface area contributed by atoms with Crippen LogP contribution in [0.3, 0.4) is 0 Å². The minimum absolute atomic E-state index is 0.0358. The van der Waals surface area contributed by atoms with Crippen molar-refractivity contribution in [3.05, 3.63) is 29.8 Å². The molecule has 1 unspecified atom stereocenters. The number of aliphatic hydroxyl groups is 1. The Morgan fingerprint density at radius 3 is 2.33 bits per heavy atom. The quantitative estimate of drug-likeness (QED) is 0.825. The van der Waals surface area contributed by atoms with Crippen molar-refractivity contribution in [3.63, 3.8) is 0 Å². The van der Waals surface area contributed by atoms with Crippen LogP contribution in [0.2, 0.25) is 0 Å². The van der Waals surface area contributed by atoms with Gasteiger partial charge in [0.25, 0.3) is 0 Å². The molecular weight excluding hydrogens is 250 g/mol. The molecule has 3 atom stereocenters. The molecule has 0 spiro atoms. The standard InChI is InChI=1S/C13H19NO3S/c1-3-4-12-13(9-15)14(12)18(16,17)11-7-5-10(2)6-8-11/h5-8,12-13,15H,3-4,9H2,1-2H3/t12-,13+,14?/m1/s1. The molecule has 4 nitrogen and oxygen atoms in total. The number of aryl methyl sites for hydroxylation is 1. The molecule has 1 aliphatic rings. The van der Waals surface area contributed by atoms with Crippen molar-refractivity contribution < 1.29 is 13.5 Å². The van der Waals surface area contributed by atoms with Crippen LogP contribution in [-0.4, -0.2) is 36.5 Å². The van der Waals surface area contributed by atoms with E-state index < -0.39 is 10.0 Å². The molecule has 1 aromatic rings. The van der Waals surface area contributed by atoms with Gasteiger partial charge in [-0.3, -0.25) is 0 Å². The molecule has 0 amide bonds. The Labute approximate surface area is 108 Å². The molecule has 1 heterocycles. The van der Waals surface area contributed by atoms with Crippen LogP contribution in [0, 0.1) is 6.92 Å². The van der Waals surface area contributed by atoms with Gasteiger partial charge in [-0.1, -0.05) is 31.0 Å². The van der Waals surface area contributed by atoms with Gasteiger partial charge in [-0.15, -0.1) is 0 Å². The van der Waals surface area contributed by atoms with E-state index in [4.69, 9.17) is 0 Å². The van der Waals surface area contributed by atoms with Gasteiger partial charge in [-0.05, 0) is 25.5 Å². The summed E-state index contributed by atoms with van der Waals surface area (Å²) in [5.74, 6) is 0. The molecule has 0 aliphatic carbocycles. The fraction of sp³-hybridized carbons (Fsp3) is 0.538. The molecule has 100 valence electrons. The van der Waals surface area contributed by atoms with Crippen LogP contribution in [0.15, 0.2) is 29.2 Å². The normalized spacial score (nSPS) is 27.2. The zero-order valence-corrected chi connectivity index (χ0v) is 11.5. The summed E-state index contributed by atoms with van der Waals surface area (Å²) in [5.41, 5.74) is 1.03. The van der Waals surface area contributed by atoms with Gasteiger partial charge < -0.3 is 5.11 Å². The molecule has 2 rings (SSSR count). The van der Waals surface area contributed by atoms with Gasteiger partial charge in [0.1, 0.15) is 0 Å². The van der Waals surface area contributed by atoms with Crippen LogP contribution in [0.25, 0.3) is 0 Å². The van der Waals surface area contributed by atoms with Gasteiger partial charge in [0, 0.05) is 6.04 Å². The molecule has 1 aromatic carbocycles. The maximum atomic E-state index is 12.4. The molecule has 18 heavy (non-hydrogen) atoms. The maximum Gasteiger partial charge on any atom is 0.243 e. The lowest BCUT2D eigenvalue weighted by Crippen LogP contribution is -2.17. The summed E-state index contributed by atoms with van der Waals surface area (Å²) < 4.78 is 26.2. The van der Waals surface area contributed by atoms with Gasteiger partial charge in [-0.2, -0.15) is 4.31 Å². The molecule has 5 heteroatoms. The third kappa shape index (κ3) is 2.30. The van der Waals surface area contributed by atoms with Crippen LogP contribution in [0.1, 0.15) is 25.3 Å². The molecule has 0 saturated carbocycles. The second kappa shape index (κ2) is 4.99. The summed E-state index contributed by atoms with van der Waals surface area (Å²) in [4.78, 5) is 0.310. The topological polar surface area (TPSA) is 57.4 Å². The predicted molar refractivity (Wildman–Crippen MR) is 69.8 cm³/mol. The molecule has 1 saturated heterocycles. The summed E-state index contributed by atoms with van der Waals surface area (Å²) >= 11 is 0. The van der Waals surface area contributed by atoms with Crippen molar-refractivity contribution in [2.24, 2.45) is 0 Å². The van der Waals surface area contributed by atoms with E-state index in [1.54, 1.807) is 24.3 Å². The van der Waals surface area contributed by atoms with Crippen molar-refractivity contribution in [1.29, 1.82) is 0 Å². The molecular formula is C13H19NO3S. The van der Waals surface area contributed by atoms with E-state index in [0.717, 1.165) is 18.4 Å². The van der Waals surface area contributed by atoms with Gasteiger partial charge in [0.15, 0.2) is 0 Å². The minimum atomic E-state index is -3.44. The Balaban J connectivity index is 2.24. The Kier molecular flexibility index (Phi) is 3.75. The number of hydrogen-bond donors (Lipinski definition) is 1. The van der Waals surface area contributed by atoms with Gasteiger partial charge in [0.05, 0.1) is 17.5 Å². The maximum absolute atomic E-state index is 12.4. The number of sulfonamides is 1. The first-order valence-corrected chi connectivity index (χ1v) is 7.67. The lowest BCUT2D eigenvalue weighted by Gasteiger charge is -2.06. The Bertz CT molecular complexity index is 510. The lowest BCUT2D eigenvalue weighted by atomic mass is 10.2. The first-order chi connectivity index (χ1) is 8.52. The zero-order chi connectivity index (χ0) is 13.3. The number of benzene rings is 1. The fourth-order valence-corrected chi connectivity index (χ4v) is 4.15. The number of aliphatic hydroxyl groups excluding tert-OH is 1. The summed E-state index contributed by atoms with van der Waals surface area (Å²) in [7, 11) is -3.44. The highest BCUT2D eigenvalue weighted by Crippen LogP contribution is 2.38. The van der Waals surface area contributed by atoms with Gasteiger partial charge in [-0.25, -0.2) is 8.42 Å². The third-order valence-electron chi connectivity index (χ3n) is 3.38. The second-order valence-electron chi connectivity index (χ2n) is 4.75. The van der Waals surface area contributed by atoms with E-state index in [1.165, 1.54) is 4.31 Å². The van der Waals surface area contributed by atoms with Crippen LogP contribution in [0.4, 0.5) is 0 Å².